The van der Waals surface area contributed by atoms with Crippen LogP contribution in [0, 0.1) is 0 Å². The summed E-state index contributed by atoms with van der Waals surface area (Å²) in [5.41, 5.74) is 1.23. The summed E-state index contributed by atoms with van der Waals surface area (Å²) in [5.74, 6) is 1.03. The Morgan fingerprint density at radius 3 is 3.21 bits per heavy atom. The van der Waals surface area contributed by atoms with Crippen molar-refractivity contribution in [2.75, 3.05) is 29.9 Å². The van der Waals surface area contributed by atoms with Crippen molar-refractivity contribution in [2.45, 2.75) is 12.5 Å². The molecule has 0 aliphatic carbocycles. The highest BCUT2D eigenvalue weighted by Gasteiger charge is 2.34. The van der Waals surface area contributed by atoms with E-state index in [0.29, 0.717) is 11.2 Å². The molecule has 2 bridgehead atoms. The Morgan fingerprint density at radius 2 is 2.36 bits per heavy atom. The van der Waals surface area contributed by atoms with Gasteiger partial charge in [0, 0.05) is 26.2 Å². The minimum absolute atomic E-state index is 0.582. The van der Waals surface area contributed by atoms with E-state index < -0.39 is 0 Å². The van der Waals surface area contributed by atoms with Crippen molar-refractivity contribution in [1.29, 1.82) is 0 Å². The van der Waals surface area contributed by atoms with Crippen molar-refractivity contribution in [2.24, 2.45) is 0 Å². The molecule has 0 saturated carbocycles. The maximum atomic E-state index is 5.90. The molecule has 14 heavy (non-hydrogen) atoms. The molecule has 0 radical (unpaired) electrons. The fourth-order valence-electron chi connectivity index (χ4n) is 2.37. The molecule has 1 aromatic rings. The zero-order valence-electron chi connectivity index (χ0n) is 8.07. The number of aromatic nitrogens is 1. The Hall–Kier alpha value is -0.960. The first-order chi connectivity index (χ1) is 6.75. The van der Waals surface area contributed by atoms with Crippen molar-refractivity contribution in [1.82, 2.24) is 4.98 Å². The zero-order valence-corrected chi connectivity index (χ0v) is 8.83. The molecule has 3 heterocycles. The molecule has 0 N–H and O–H groups in total. The number of fused-ring (bicyclic) bond motifs is 4. The van der Waals surface area contributed by atoms with Crippen LogP contribution in [-0.4, -0.2) is 31.2 Å². The van der Waals surface area contributed by atoms with Crippen LogP contribution in [0.15, 0.2) is 12.1 Å². The number of likely N-dealkylation sites (N-methyl/N-ethyl adjacent to an activating group) is 1. The summed E-state index contributed by atoms with van der Waals surface area (Å²) in [4.78, 5) is 9.03. The largest absolute Gasteiger partial charge is 0.366 e. The van der Waals surface area contributed by atoms with Crippen molar-refractivity contribution in [3.8, 4) is 0 Å². The molecule has 3 nitrogen and oxygen atoms in total. The average molecular weight is 210 g/mol. The van der Waals surface area contributed by atoms with Gasteiger partial charge in [0.2, 0.25) is 0 Å². The second-order valence-electron chi connectivity index (χ2n) is 3.98. The number of halogens is 1. The number of hydrogen-bond acceptors (Lipinski definition) is 3. The molecule has 0 amide bonds. The Morgan fingerprint density at radius 1 is 1.50 bits per heavy atom. The topological polar surface area (TPSA) is 19.4 Å². The number of nitrogens with zero attached hydrogens (tertiary/aromatic N) is 3. The second-order valence-corrected chi connectivity index (χ2v) is 4.36. The summed E-state index contributed by atoms with van der Waals surface area (Å²) < 4.78 is 0. The van der Waals surface area contributed by atoms with Crippen molar-refractivity contribution in [3.05, 3.63) is 17.3 Å². The van der Waals surface area contributed by atoms with Gasteiger partial charge in [-0.05, 0) is 18.6 Å². The normalized spacial score (nSPS) is 24.0. The van der Waals surface area contributed by atoms with E-state index in [1.54, 1.807) is 0 Å². The number of rotatable bonds is 0. The van der Waals surface area contributed by atoms with Gasteiger partial charge in [-0.15, -0.1) is 0 Å². The van der Waals surface area contributed by atoms with E-state index in [1.165, 1.54) is 12.1 Å². The van der Waals surface area contributed by atoms with E-state index in [0.717, 1.165) is 18.9 Å². The van der Waals surface area contributed by atoms with Gasteiger partial charge in [0.25, 0.3) is 0 Å². The Balaban J connectivity index is 2.16. The fraction of sp³-hybridized carbons (Fsp3) is 0.500. The van der Waals surface area contributed by atoms with Gasteiger partial charge in [-0.3, -0.25) is 0 Å². The predicted octanol–water partition coefficient (Wildman–Crippen LogP) is 1.76. The molecular formula is C10H12ClN3. The van der Waals surface area contributed by atoms with Crippen LogP contribution in [0.4, 0.5) is 11.5 Å². The van der Waals surface area contributed by atoms with E-state index in [1.807, 2.05) is 6.07 Å². The highest BCUT2D eigenvalue weighted by atomic mass is 35.5. The predicted molar refractivity (Wildman–Crippen MR) is 58.3 cm³/mol. The second kappa shape index (κ2) is 2.76. The number of pyridine rings is 1. The van der Waals surface area contributed by atoms with Crippen molar-refractivity contribution in [3.63, 3.8) is 0 Å². The van der Waals surface area contributed by atoms with Crippen LogP contribution in [0.25, 0.3) is 0 Å². The fourth-order valence-corrected chi connectivity index (χ4v) is 2.52. The first-order valence-electron chi connectivity index (χ1n) is 4.90. The van der Waals surface area contributed by atoms with Crippen LogP contribution in [-0.2, 0) is 0 Å². The van der Waals surface area contributed by atoms with E-state index in [9.17, 15) is 0 Å². The Labute approximate surface area is 88.3 Å². The van der Waals surface area contributed by atoms with Gasteiger partial charge in [-0.2, -0.15) is 0 Å². The minimum Gasteiger partial charge on any atom is -0.366 e. The summed E-state index contributed by atoms with van der Waals surface area (Å²) in [6, 6.07) is 4.56. The molecular weight excluding hydrogens is 198 g/mol. The van der Waals surface area contributed by atoms with Crippen LogP contribution < -0.4 is 9.80 Å². The van der Waals surface area contributed by atoms with Crippen molar-refractivity contribution < 1.29 is 0 Å². The molecule has 4 heteroatoms. The van der Waals surface area contributed by atoms with Gasteiger partial charge in [-0.25, -0.2) is 4.98 Å². The molecule has 74 valence electrons. The van der Waals surface area contributed by atoms with E-state index in [2.05, 4.69) is 27.9 Å². The molecule has 1 aromatic heterocycles. The molecule has 0 aromatic carbocycles. The van der Waals surface area contributed by atoms with Crippen LogP contribution in [0.2, 0.25) is 5.15 Å². The molecule has 1 fully saturated rings. The molecule has 1 atom stereocenters. The van der Waals surface area contributed by atoms with Gasteiger partial charge in [-0.1, -0.05) is 11.6 Å². The highest BCUT2D eigenvalue weighted by molar-refractivity contribution is 6.29. The maximum Gasteiger partial charge on any atom is 0.154 e. The summed E-state index contributed by atoms with van der Waals surface area (Å²) in [7, 11) is 2.11. The lowest BCUT2D eigenvalue weighted by Gasteiger charge is -2.34. The third-order valence-corrected chi connectivity index (χ3v) is 3.42. The zero-order chi connectivity index (χ0) is 9.71. The first kappa shape index (κ1) is 8.36. The highest BCUT2D eigenvalue weighted by Crippen LogP contribution is 2.38. The van der Waals surface area contributed by atoms with Crippen molar-refractivity contribution >= 4 is 23.1 Å². The first-order valence-corrected chi connectivity index (χ1v) is 5.28. The summed E-state index contributed by atoms with van der Waals surface area (Å²) >= 11 is 5.90. The SMILES string of the molecule is CN1c2nc(Cl)ccc2N2CC[C@H]1C2. The summed E-state index contributed by atoms with van der Waals surface area (Å²) in [5, 5.41) is 0.582. The van der Waals surface area contributed by atoms with Crippen LogP contribution in [0.1, 0.15) is 6.42 Å². The quantitative estimate of drug-likeness (QED) is 0.607. The third-order valence-electron chi connectivity index (χ3n) is 3.21. The number of anilines is 2. The van der Waals surface area contributed by atoms with Crippen LogP contribution in [0.3, 0.4) is 0 Å². The van der Waals surface area contributed by atoms with Gasteiger partial charge in [0.15, 0.2) is 5.82 Å². The average Bonchev–Trinajstić information content (AvgIpc) is 2.61. The van der Waals surface area contributed by atoms with E-state index in [-0.39, 0.29) is 0 Å². The van der Waals surface area contributed by atoms with Gasteiger partial charge >= 0.3 is 0 Å². The molecule has 2 aliphatic heterocycles. The van der Waals surface area contributed by atoms with Crippen LogP contribution in [0.5, 0.6) is 0 Å². The molecule has 3 rings (SSSR count). The monoisotopic (exact) mass is 209 g/mol. The lowest BCUT2D eigenvalue weighted by molar-refractivity contribution is 0.673. The number of hydrogen-bond donors (Lipinski definition) is 0. The van der Waals surface area contributed by atoms with Gasteiger partial charge in [0.05, 0.1) is 5.69 Å². The van der Waals surface area contributed by atoms with E-state index >= 15 is 0 Å². The standard InChI is InChI=1S/C10H12ClN3/c1-13-7-4-5-14(6-7)8-2-3-9(11)12-10(8)13/h2-3,7H,4-6H2,1H3/t7-/m0/s1. The summed E-state index contributed by atoms with van der Waals surface area (Å²) in [6.07, 6.45) is 1.23. The molecule has 2 aliphatic rings. The molecule has 0 spiro atoms. The molecule has 1 saturated heterocycles. The minimum atomic E-state index is 0.582. The lowest BCUT2D eigenvalue weighted by Crippen LogP contribution is -2.40. The third kappa shape index (κ3) is 1.02. The summed E-state index contributed by atoms with van der Waals surface area (Å²) in [6.45, 7) is 2.28. The van der Waals surface area contributed by atoms with E-state index in [4.69, 9.17) is 11.6 Å². The van der Waals surface area contributed by atoms with Gasteiger partial charge in [0.1, 0.15) is 5.15 Å². The van der Waals surface area contributed by atoms with Crippen LogP contribution >= 0.6 is 11.6 Å². The smallest absolute Gasteiger partial charge is 0.154 e. The Bertz CT molecular complexity index is 380. The maximum absolute atomic E-state index is 5.90. The lowest BCUT2D eigenvalue weighted by atomic mass is 10.2. The Kier molecular flexibility index (Phi) is 1.65. The van der Waals surface area contributed by atoms with Gasteiger partial charge < -0.3 is 9.80 Å². The molecule has 0 unspecified atom stereocenters.